The van der Waals surface area contributed by atoms with Crippen molar-refractivity contribution in [3.8, 4) is 11.5 Å². The summed E-state index contributed by atoms with van der Waals surface area (Å²) in [5.41, 5.74) is 2.05. The molecule has 0 unspecified atom stereocenters. The molecule has 0 aliphatic carbocycles. The number of furan rings is 1. The molecule has 2 aliphatic rings. The summed E-state index contributed by atoms with van der Waals surface area (Å²) in [5.74, 6) is 1.73. The Labute approximate surface area is 178 Å². The van der Waals surface area contributed by atoms with Crippen LogP contribution in [0.3, 0.4) is 0 Å². The van der Waals surface area contributed by atoms with Crippen molar-refractivity contribution in [2.75, 3.05) is 6.79 Å². The van der Waals surface area contributed by atoms with Gasteiger partial charge in [-0.25, -0.2) is 4.99 Å². The van der Waals surface area contributed by atoms with E-state index >= 15 is 0 Å². The third-order valence-electron chi connectivity index (χ3n) is 4.64. The summed E-state index contributed by atoms with van der Waals surface area (Å²) in [4.78, 5) is 17.5. The first-order valence-electron chi connectivity index (χ1n) is 9.62. The smallest absolute Gasteiger partial charge is 0.298 e. The molecule has 2 aromatic carbocycles. The quantitative estimate of drug-likeness (QED) is 0.462. The van der Waals surface area contributed by atoms with Crippen LogP contribution in [-0.2, 0) is 4.79 Å². The van der Waals surface area contributed by atoms with Crippen LogP contribution in [0.5, 0.6) is 11.5 Å². The van der Waals surface area contributed by atoms with E-state index in [-0.39, 0.29) is 18.4 Å². The Balaban J connectivity index is 1.43. The first-order valence-corrected chi connectivity index (χ1v) is 9.62. The lowest BCUT2D eigenvalue weighted by Gasteiger charge is -2.09. The number of hydrogen-bond acceptors (Lipinski definition) is 6. The van der Waals surface area contributed by atoms with Gasteiger partial charge in [-0.15, -0.1) is 0 Å². The van der Waals surface area contributed by atoms with Gasteiger partial charge in [0.1, 0.15) is 5.70 Å². The molecule has 1 amide bonds. The molecule has 3 aromatic rings. The van der Waals surface area contributed by atoms with Crippen LogP contribution < -0.4 is 9.47 Å². The largest absolute Gasteiger partial charge is 0.461 e. The van der Waals surface area contributed by atoms with Gasteiger partial charge in [-0.05, 0) is 47.5 Å². The second-order valence-corrected chi connectivity index (χ2v) is 6.71. The molecule has 0 fully saturated rings. The minimum atomic E-state index is -0.353. The number of nitrogens with zero attached hydrogens (tertiary/aromatic N) is 3. The van der Waals surface area contributed by atoms with Crippen molar-refractivity contribution in [2.24, 2.45) is 10.1 Å². The number of amides is 1. The van der Waals surface area contributed by atoms with E-state index in [9.17, 15) is 4.79 Å². The Hall–Kier alpha value is -4.39. The Kier molecular flexibility index (Phi) is 4.90. The van der Waals surface area contributed by atoms with Gasteiger partial charge in [0, 0.05) is 6.21 Å². The van der Waals surface area contributed by atoms with Crippen molar-refractivity contribution in [3.05, 3.63) is 95.6 Å². The molecule has 7 nitrogen and oxygen atoms in total. The fraction of sp³-hybridized carbons (Fsp3) is 0.0417. The molecule has 7 heteroatoms. The van der Waals surface area contributed by atoms with E-state index in [0.717, 1.165) is 11.1 Å². The van der Waals surface area contributed by atoms with Gasteiger partial charge in [0.25, 0.3) is 5.91 Å². The van der Waals surface area contributed by atoms with Crippen LogP contribution in [0.2, 0.25) is 0 Å². The zero-order chi connectivity index (χ0) is 21.0. The lowest BCUT2D eigenvalue weighted by molar-refractivity contribution is -0.122. The first-order chi connectivity index (χ1) is 15.3. The maximum Gasteiger partial charge on any atom is 0.298 e. The fourth-order valence-corrected chi connectivity index (χ4v) is 3.16. The van der Waals surface area contributed by atoms with Crippen LogP contribution >= 0.6 is 0 Å². The molecule has 2 aliphatic heterocycles. The van der Waals surface area contributed by atoms with Crippen molar-refractivity contribution < 1.29 is 18.7 Å². The number of rotatable bonds is 5. The second-order valence-electron chi connectivity index (χ2n) is 6.71. The molecule has 0 spiro atoms. The predicted molar refractivity (Wildman–Crippen MR) is 117 cm³/mol. The lowest BCUT2D eigenvalue weighted by Crippen LogP contribution is -2.27. The van der Waals surface area contributed by atoms with E-state index < -0.39 is 0 Å². The average Bonchev–Trinajstić information content (AvgIpc) is 3.54. The van der Waals surface area contributed by atoms with Gasteiger partial charge in [0.2, 0.25) is 12.6 Å². The van der Waals surface area contributed by atoms with Crippen LogP contribution in [-0.4, -0.2) is 29.8 Å². The Bertz CT molecular complexity index is 1220. The summed E-state index contributed by atoms with van der Waals surface area (Å²) in [6, 6.07) is 18.7. The number of benzene rings is 2. The Morgan fingerprint density at radius 1 is 0.968 bits per heavy atom. The van der Waals surface area contributed by atoms with Gasteiger partial charge in [0.05, 0.1) is 6.26 Å². The van der Waals surface area contributed by atoms with E-state index in [4.69, 9.17) is 13.9 Å². The minimum absolute atomic E-state index is 0.189. The molecular weight excluding hydrogens is 394 g/mol. The van der Waals surface area contributed by atoms with Gasteiger partial charge in [-0.1, -0.05) is 42.5 Å². The summed E-state index contributed by atoms with van der Waals surface area (Å²) >= 11 is 0. The lowest BCUT2D eigenvalue weighted by atomic mass is 10.1. The molecule has 0 N–H and O–H groups in total. The molecule has 0 saturated carbocycles. The average molecular weight is 411 g/mol. The summed E-state index contributed by atoms with van der Waals surface area (Å²) < 4.78 is 16.2. The molecule has 0 saturated heterocycles. The van der Waals surface area contributed by atoms with Crippen LogP contribution in [0.4, 0.5) is 0 Å². The van der Waals surface area contributed by atoms with Crippen LogP contribution in [0.25, 0.3) is 12.2 Å². The molecule has 0 atom stereocenters. The first kappa shape index (κ1) is 18.6. The SMILES string of the molecule is O=C1C(=Cc2ccc3c(c2)OCO3)N=C(c2ccco2)N1N=CC=Cc1ccccc1. The second kappa shape index (κ2) is 8.16. The van der Waals surface area contributed by atoms with Gasteiger partial charge < -0.3 is 13.9 Å². The molecule has 5 rings (SSSR count). The molecule has 152 valence electrons. The highest BCUT2D eigenvalue weighted by atomic mass is 16.7. The van der Waals surface area contributed by atoms with E-state index in [2.05, 4.69) is 10.1 Å². The molecule has 3 heterocycles. The highest BCUT2D eigenvalue weighted by Crippen LogP contribution is 2.33. The Morgan fingerprint density at radius 2 is 1.84 bits per heavy atom. The van der Waals surface area contributed by atoms with Crippen molar-refractivity contribution in [3.63, 3.8) is 0 Å². The number of ether oxygens (including phenoxy) is 2. The van der Waals surface area contributed by atoms with E-state index in [1.54, 1.807) is 42.6 Å². The number of allylic oxidation sites excluding steroid dienone is 1. The van der Waals surface area contributed by atoms with Gasteiger partial charge in [-0.2, -0.15) is 10.1 Å². The topological polar surface area (TPSA) is 76.6 Å². The highest BCUT2D eigenvalue weighted by molar-refractivity contribution is 6.19. The number of hydrogen-bond donors (Lipinski definition) is 0. The predicted octanol–water partition coefficient (Wildman–Crippen LogP) is 4.34. The standard InChI is InChI=1S/C24H17N3O4/c28-24-19(14-18-10-11-20-22(15-18)31-16-30-20)26-23(21-9-5-13-29-21)27(24)25-12-4-8-17-6-2-1-3-7-17/h1-15H,16H2. The number of aliphatic imine (C=N–C) groups is 1. The maximum absolute atomic E-state index is 13.0. The van der Waals surface area contributed by atoms with Crippen LogP contribution in [0.1, 0.15) is 16.9 Å². The number of carbonyl (C=O) groups is 1. The maximum atomic E-state index is 13.0. The number of carbonyl (C=O) groups excluding carboxylic acids is 1. The summed E-state index contributed by atoms with van der Waals surface area (Å²) in [6.45, 7) is 0.189. The van der Waals surface area contributed by atoms with E-state index in [1.165, 1.54) is 11.3 Å². The van der Waals surface area contributed by atoms with Crippen molar-refractivity contribution in [2.45, 2.75) is 0 Å². The van der Waals surface area contributed by atoms with Gasteiger partial charge in [-0.3, -0.25) is 4.79 Å². The number of amidine groups is 1. The summed E-state index contributed by atoms with van der Waals surface area (Å²) in [7, 11) is 0. The van der Waals surface area contributed by atoms with Gasteiger partial charge >= 0.3 is 0 Å². The summed E-state index contributed by atoms with van der Waals surface area (Å²) in [6.07, 6.45) is 8.42. The third kappa shape index (κ3) is 3.89. The zero-order valence-corrected chi connectivity index (χ0v) is 16.3. The van der Waals surface area contributed by atoms with Crippen molar-refractivity contribution in [1.29, 1.82) is 0 Å². The molecule has 0 radical (unpaired) electrons. The van der Waals surface area contributed by atoms with E-state index in [1.807, 2.05) is 42.5 Å². The Morgan fingerprint density at radius 3 is 2.68 bits per heavy atom. The molecular formula is C24H17N3O4. The van der Waals surface area contributed by atoms with Crippen LogP contribution in [0, 0.1) is 0 Å². The molecule has 0 bridgehead atoms. The fourth-order valence-electron chi connectivity index (χ4n) is 3.16. The third-order valence-corrected chi connectivity index (χ3v) is 4.64. The van der Waals surface area contributed by atoms with Gasteiger partial charge in [0.15, 0.2) is 17.3 Å². The molecule has 31 heavy (non-hydrogen) atoms. The highest BCUT2D eigenvalue weighted by Gasteiger charge is 2.32. The monoisotopic (exact) mass is 411 g/mol. The number of hydrazone groups is 1. The minimum Gasteiger partial charge on any atom is -0.461 e. The zero-order valence-electron chi connectivity index (χ0n) is 16.3. The number of fused-ring (bicyclic) bond motifs is 1. The van der Waals surface area contributed by atoms with Crippen molar-refractivity contribution in [1.82, 2.24) is 5.01 Å². The normalized spacial score (nSPS) is 16.8. The van der Waals surface area contributed by atoms with E-state index in [0.29, 0.717) is 23.1 Å². The van der Waals surface area contributed by atoms with Crippen LogP contribution in [0.15, 0.2) is 93.2 Å². The summed E-state index contributed by atoms with van der Waals surface area (Å²) in [5, 5.41) is 5.53. The van der Waals surface area contributed by atoms with Crippen molar-refractivity contribution >= 4 is 30.1 Å². The molecule has 1 aromatic heterocycles.